The van der Waals surface area contributed by atoms with Gasteiger partial charge in [-0.25, -0.2) is 19.9 Å². The quantitative estimate of drug-likeness (QED) is 0.186. The number of nitrogens with two attached hydrogens (primary N) is 4. The van der Waals surface area contributed by atoms with E-state index in [4.69, 9.17) is 22.9 Å². The second-order valence-electron chi connectivity index (χ2n) is 9.26. The first-order chi connectivity index (χ1) is 21.1. The normalized spacial score (nSPS) is 10.5. The molecule has 44 heavy (non-hydrogen) atoms. The Hall–Kier alpha value is -6.70. The summed E-state index contributed by atoms with van der Waals surface area (Å²) in [6, 6.07) is 18.7. The van der Waals surface area contributed by atoms with Gasteiger partial charge in [-0.1, -0.05) is 6.07 Å². The molecule has 0 aliphatic heterocycles. The zero-order chi connectivity index (χ0) is 31.4. The topological polar surface area (TPSA) is 230 Å². The Labute approximate surface area is 250 Å². The highest BCUT2D eigenvalue weighted by molar-refractivity contribution is 5.97. The van der Waals surface area contributed by atoms with E-state index in [1.54, 1.807) is 34.1 Å². The molecule has 0 bridgehead atoms. The minimum atomic E-state index is -0.673. The largest absolute Gasteiger partial charge is 0.366 e. The molecular formula is C30H24N10O4. The summed E-state index contributed by atoms with van der Waals surface area (Å²) in [4.78, 5) is 68.9. The van der Waals surface area contributed by atoms with Crippen molar-refractivity contribution in [3.8, 4) is 0 Å². The number of nitrogens with zero attached hydrogens (tertiary/aromatic N) is 6. The van der Waals surface area contributed by atoms with Gasteiger partial charge in [0.25, 0.3) is 0 Å². The molecule has 0 aliphatic rings. The maximum absolute atomic E-state index is 12.0. The molecule has 1 aromatic carbocycles. The number of hydrogen-bond acceptors (Lipinski definition) is 10. The van der Waals surface area contributed by atoms with Crippen LogP contribution in [0.4, 0.5) is 34.6 Å². The second kappa shape index (κ2) is 12.0. The van der Waals surface area contributed by atoms with E-state index in [1.807, 2.05) is 0 Å². The predicted molar refractivity (Wildman–Crippen MR) is 161 cm³/mol. The molecule has 0 aliphatic carbocycles. The third kappa shape index (κ3) is 5.99. The van der Waals surface area contributed by atoms with Crippen molar-refractivity contribution in [2.75, 3.05) is 9.80 Å². The molecule has 218 valence electrons. The third-order valence-electron chi connectivity index (χ3n) is 6.38. The summed E-state index contributed by atoms with van der Waals surface area (Å²) in [5, 5.41) is 0. The van der Waals surface area contributed by atoms with Gasteiger partial charge in [-0.15, -0.1) is 0 Å². The van der Waals surface area contributed by atoms with E-state index in [0.29, 0.717) is 11.4 Å². The lowest BCUT2D eigenvalue weighted by molar-refractivity contribution is 0.0991. The molecule has 4 amide bonds. The fourth-order valence-corrected chi connectivity index (χ4v) is 4.31. The fraction of sp³-hybridized carbons (Fsp3) is 0. The van der Waals surface area contributed by atoms with Crippen molar-refractivity contribution in [2.45, 2.75) is 0 Å². The molecule has 0 spiro atoms. The Bertz CT molecular complexity index is 1680. The van der Waals surface area contributed by atoms with E-state index >= 15 is 0 Å². The standard InChI is InChI=1S/C30H24N10O4/c31-27(41)17-4-8-35-23(12-17)39(24-13-18(28(32)42)5-9-36-24)21-2-1-3-22(16-21)40(25-14-19(29(33)43)6-10-37-25)26-15-20(30(34)44)7-11-38-26/h1-16H,(H2,31,41)(H2,32,42)(H2,33,43)(H2,34,44). The van der Waals surface area contributed by atoms with Gasteiger partial charge in [-0.05, 0) is 66.7 Å². The van der Waals surface area contributed by atoms with Crippen molar-refractivity contribution in [1.29, 1.82) is 0 Å². The van der Waals surface area contributed by atoms with Crippen molar-refractivity contribution in [3.05, 3.63) is 120 Å². The maximum atomic E-state index is 12.0. The molecule has 14 heteroatoms. The number of benzene rings is 1. The van der Waals surface area contributed by atoms with Crippen molar-refractivity contribution in [2.24, 2.45) is 22.9 Å². The van der Waals surface area contributed by atoms with Gasteiger partial charge in [-0.2, -0.15) is 0 Å². The summed E-state index contributed by atoms with van der Waals surface area (Å²) < 4.78 is 0. The minimum Gasteiger partial charge on any atom is -0.366 e. The van der Waals surface area contributed by atoms with Crippen LogP contribution in [-0.2, 0) is 0 Å². The van der Waals surface area contributed by atoms with Crippen LogP contribution in [0.15, 0.2) is 97.6 Å². The van der Waals surface area contributed by atoms with Gasteiger partial charge >= 0.3 is 0 Å². The second-order valence-corrected chi connectivity index (χ2v) is 9.26. The van der Waals surface area contributed by atoms with Crippen LogP contribution in [0.2, 0.25) is 0 Å². The van der Waals surface area contributed by atoms with E-state index in [2.05, 4.69) is 19.9 Å². The maximum Gasteiger partial charge on any atom is 0.248 e. The Morgan fingerprint density at radius 3 is 0.955 bits per heavy atom. The summed E-state index contributed by atoms with van der Waals surface area (Å²) in [6.07, 6.45) is 5.65. The van der Waals surface area contributed by atoms with Crippen molar-refractivity contribution in [1.82, 2.24) is 19.9 Å². The molecule has 0 atom stereocenters. The smallest absolute Gasteiger partial charge is 0.248 e. The van der Waals surface area contributed by atoms with Crippen LogP contribution in [0.1, 0.15) is 41.4 Å². The van der Waals surface area contributed by atoms with Gasteiger partial charge in [0, 0.05) is 47.0 Å². The van der Waals surface area contributed by atoms with Gasteiger partial charge in [0.15, 0.2) is 0 Å². The number of carbonyl (C=O) groups is 4. The molecular weight excluding hydrogens is 564 g/mol. The highest BCUT2D eigenvalue weighted by Crippen LogP contribution is 2.38. The summed E-state index contributed by atoms with van der Waals surface area (Å²) in [5.74, 6) is -1.69. The Balaban J connectivity index is 1.73. The zero-order valence-corrected chi connectivity index (χ0v) is 22.9. The van der Waals surface area contributed by atoms with Crippen LogP contribution in [-0.4, -0.2) is 43.6 Å². The first-order valence-corrected chi connectivity index (χ1v) is 12.9. The van der Waals surface area contributed by atoms with Crippen molar-refractivity contribution in [3.63, 3.8) is 0 Å². The Morgan fingerprint density at radius 1 is 0.432 bits per heavy atom. The molecule has 0 unspecified atom stereocenters. The van der Waals surface area contributed by atoms with E-state index < -0.39 is 23.6 Å². The summed E-state index contributed by atoms with van der Waals surface area (Å²) in [6.45, 7) is 0. The van der Waals surface area contributed by atoms with E-state index in [9.17, 15) is 19.2 Å². The van der Waals surface area contributed by atoms with Crippen LogP contribution in [0.25, 0.3) is 0 Å². The van der Waals surface area contributed by atoms with Crippen LogP contribution in [0.3, 0.4) is 0 Å². The molecule has 8 N–H and O–H groups in total. The molecule has 4 heterocycles. The van der Waals surface area contributed by atoms with Gasteiger partial charge in [0.05, 0.1) is 11.4 Å². The number of anilines is 6. The highest BCUT2D eigenvalue weighted by atomic mass is 16.2. The number of hydrogen-bond donors (Lipinski definition) is 4. The van der Waals surface area contributed by atoms with Gasteiger partial charge in [0.1, 0.15) is 23.3 Å². The predicted octanol–water partition coefficient (Wildman–Crippen LogP) is 2.60. The molecule has 4 aromatic heterocycles. The summed E-state index contributed by atoms with van der Waals surface area (Å²) in [7, 11) is 0. The lowest BCUT2D eigenvalue weighted by atomic mass is 10.1. The molecule has 0 radical (unpaired) electrons. The van der Waals surface area contributed by atoms with Gasteiger partial charge < -0.3 is 22.9 Å². The van der Waals surface area contributed by atoms with Crippen LogP contribution < -0.4 is 32.7 Å². The summed E-state index contributed by atoms with van der Waals surface area (Å²) in [5.41, 5.74) is 23.8. The number of rotatable bonds is 10. The highest BCUT2D eigenvalue weighted by Gasteiger charge is 2.22. The van der Waals surface area contributed by atoms with E-state index in [0.717, 1.165) is 0 Å². The molecule has 5 aromatic rings. The zero-order valence-electron chi connectivity index (χ0n) is 22.9. The molecule has 5 rings (SSSR count). The fourth-order valence-electron chi connectivity index (χ4n) is 4.31. The number of carbonyl (C=O) groups excluding carboxylic acids is 4. The lowest BCUT2D eigenvalue weighted by Gasteiger charge is -2.27. The number of aromatic nitrogens is 4. The number of amides is 4. The van der Waals surface area contributed by atoms with Gasteiger partial charge in [-0.3, -0.25) is 29.0 Å². The average molecular weight is 589 g/mol. The Morgan fingerprint density at radius 2 is 0.705 bits per heavy atom. The Kier molecular flexibility index (Phi) is 7.88. The average Bonchev–Trinajstić information content (AvgIpc) is 3.02. The number of pyridine rings is 4. The number of primary amides is 4. The molecule has 0 saturated carbocycles. The first kappa shape index (κ1) is 28.8. The third-order valence-corrected chi connectivity index (χ3v) is 6.38. The van der Waals surface area contributed by atoms with Gasteiger partial charge in [0.2, 0.25) is 23.6 Å². The SMILES string of the molecule is NC(=O)c1ccnc(N(c2cccc(N(c3cc(C(N)=O)ccn3)c3cc(C(N)=O)ccn3)c2)c2cc(C(N)=O)ccn2)c1. The lowest BCUT2D eigenvalue weighted by Crippen LogP contribution is -2.19. The molecule has 14 nitrogen and oxygen atoms in total. The minimum absolute atomic E-state index is 0.184. The monoisotopic (exact) mass is 588 g/mol. The van der Waals surface area contributed by atoms with E-state index in [1.165, 1.54) is 73.3 Å². The van der Waals surface area contributed by atoms with Crippen LogP contribution in [0, 0.1) is 0 Å². The van der Waals surface area contributed by atoms with Crippen LogP contribution >= 0.6 is 0 Å². The van der Waals surface area contributed by atoms with Crippen molar-refractivity contribution < 1.29 is 19.2 Å². The summed E-state index contributed by atoms with van der Waals surface area (Å²) >= 11 is 0. The van der Waals surface area contributed by atoms with Crippen molar-refractivity contribution >= 4 is 58.3 Å². The first-order valence-electron chi connectivity index (χ1n) is 12.9. The van der Waals surface area contributed by atoms with E-state index in [-0.39, 0.29) is 45.5 Å². The molecule has 0 saturated heterocycles. The molecule has 0 fully saturated rings. The van der Waals surface area contributed by atoms with Crippen LogP contribution in [0.5, 0.6) is 0 Å².